The maximum absolute atomic E-state index is 5.13. The van der Waals surface area contributed by atoms with Crippen molar-refractivity contribution in [3.63, 3.8) is 0 Å². The summed E-state index contributed by atoms with van der Waals surface area (Å²) in [5.41, 5.74) is 2.18. The molecule has 0 N–H and O–H groups in total. The lowest BCUT2D eigenvalue weighted by Crippen LogP contribution is -2.46. The summed E-state index contributed by atoms with van der Waals surface area (Å²) in [7, 11) is 1.76. The molecule has 0 bridgehead atoms. The highest BCUT2D eigenvalue weighted by Crippen LogP contribution is 2.09. The molecule has 0 amide bonds. The molecule has 20 heavy (non-hydrogen) atoms. The number of hydrogen-bond donors (Lipinski definition) is 0. The Morgan fingerprint density at radius 1 is 1.15 bits per heavy atom. The van der Waals surface area contributed by atoms with Crippen LogP contribution in [0.3, 0.4) is 0 Å². The molecule has 0 unspecified atom stereocenters. The highest BCUT2D eigenvalue weighted by atomic mass is 16.5. The van der Waals surface area contributed by atoms with Gasteiger partial charge in [0.05, 0.1) is 12.3 Å². The minimum absolute atomic E-state index is 0.826. The molecule has 0 aromatic carbocycles. The number of fused-ring (bicyclic) bond motifs is 1. The molecule has 2 aromatic rings. The van der Waals surface area contributed by atoms with E-state index in [2.05, 4.69) is 31.6 Å². The Bertz CT molecular complexity index is 513. The first-order valence-corrected chi connectivity index (χ1v) is 7.21. The van der Waals surface area contributed by atoms with E-state index in [-0.39, 0.29) is 0 Å². The minimum atomic E-state index is 0.826. The summed E-state index contributed by atoms with van der Waals surface area (Å²) < 4.78 is 7.22. The largest absolute Gasteiger partial charge is 0.383 e. The smallest absolute Gasteiger partial charge is 0.137 e. The fraction of sp³-hybridized carbons (Fsp3) is 0.533. The van der Waals surface area contributed by atoms with Gasteiger partial charge in [-0.2, -0.15) is 0 Å². The predicted octanol–water partition coefficient (Wildman–Crippen LogP) is 1.10. The number of piperazine rings is 1. The maximum Gasteiger partial charge on any atom is 0.137 e. The van der Waals surface area contributed by atoms with Crippen LogP contribution < -0.4 is 0 Å². The fourth-order valence-electron chi connectivity index (χ4n) is 2.68. The molecule has 0 radical (unpaired) electrons. The summed E-state index contributed by atoms with van der Waals surface area (Å²) in [4.78, 5) is 9.60. The van der Waals surface area contributed by atoms with E-state index in [1.54, 1.807) is 7.11 Å². The lowest BCUT2D eigenvalue weighted by molar-refractivity contribution is 0.0933. The molecular formula is C15H22N4O. The van der Waals surface area contributed by atoms with E-state index in [4.69, 9.17) is 4.74 Å². The van der Waals surface area contributed by atoms with Crippen LogP contribution in [0, 0.1) is 0 Å². The van der Waals surface area contributed by atoms with Crippen LogP contribution in [0.5, 0.6) is 0 Å². The van der Waals surface area contributed by atoms with Gasteiger partial charge in [0.25, 0.3) is 0 Å². The van der Waals surface area contributed by atoms with Crippen LogP contribution in [0.2, 0.25) is 0 Å². The monoisotopic (exact) mass is 274 g/mol. The predicted molar refractivity (Wildman–Crippen MR) is 78.8 cm³/mol. The van der Waals surface area contributed by atoms with Gasteiger partial charge < -0.3 is 9.14 Å². The van der Waals surface area contributed by atoms with Crippen LogP contribution in [0.15, 0.2) is 30.6 Å². The van der Waals surface area contributed by atoms with E-state index in [0.29, 0.717) is 0 Å². The third-order valence-corrected chi connectivity index (χ3v) is 3.88. The third-order valence-electron chi connectivity index (χ3n) is 3.88. The molecular weight excluding hydrogens is 252 g/mol. The number of ether oxygens (including phenoxy) is 1. The van der Waals surface area contributed by atoms with Crippen LogP contribution in [0.1, 0.15) is 5.69 Å². The van der Waals surface area contributed by atoms with Crippen molar-refractivity contribution in [3.05, 3.63) is 36.3 Å². The van der Waals surface area contributed by atoms with E-state index in [9.17, 15) is 0 Å². The number of hydrogen-bond acceptors (Lipinski definition) is 4. The first-order chi connectivity index (χ1) is 9.85. The second-order valence-electron chi connectivity index (χ2n) is 5.31. The van der Waals surface area contributed by atoms with Gasteiger partial charge in [-0.3, -0.25) is 9.80 Å². The topological polar surface area (TPSA) is 33.0 Å². The normalized spacial score (nSPS) is 17.9. The molecule has 1 aliphatic heterocycles. The molecule has 108 valence electrons. The van der Waals surface area contributed by atoms with Gasteiger partial charge >= 0.3 is 0 Å². The Morgan fingerprint density at radius 2 is 1.95 bits per heavy atom. The van der Waals surface area contributed by atoms with Crippen LogP contribution in [0.4, 0.5) is 0 Å². The zero-order valence-electron chi connectivity index (χ0n) is 12.0. The minimum Gasteiger partial charge on any atom is -0.383 e. The molecule has 3 rings (SSSR count). The van der Waals surface area contributed by atoms with Gasteiger partial charge in [0.2, 0.25) is 0 Å². The Balaban J connectivity index is 1.54. The molecule has 0 spiro atoms. The number of aromatic nitrogens is 2. The Morgan fingerprint density at radius 3 is 2.70 bits per heavy atom. The van der Waals surface area contributed by atoms with Gasteiger partial charge in [-0.15, -0.1) is 0 Å². The SMILES string of the molecule is COCCN1CCN(Cc2cn3ccccc3n2)CC1. The van der Waals surface area contributed by atoms with Crippen molar-refractivity contribution in [3.8, 4) is 0 Å². The van der Waals surface area contributed by atoms with Crippen molar-refractivity contribution >= 4 is 5.65 Å². The number of imidazole rings is 1. The number of rotatable bonds is 5. The van der Waals surface area contributed by atoms with E-state index >= 15 is 0 Å². The molecule has 3 heterocycles. The lowest BCUT2D eigenvalue weighted by atomic mass is 10.3. The van der Waals surface area contributed by atoms with Crippen molar-refractivity contribution in [1.82, 2.24) is 19.2 Å². The van der Waals surface area contributed by atoms with E-state index in [1.165, 1.54) is 0 Å². The van der Waals surface area contributed by atoms with Crippen LogP contribution in [-0.4, -0.2) is 65.6 Å². The van der Waals surface area contributed by atoms with E-state index in [1.807, 2.05) is 18.2 Å². The molecule has 0 atom stereocenters. The number of pyridine rings is 1. The summed E-state index contributed by atoms with van der Waals surface area (Å²) >= 11 is 0. The summed E-state index contributed by atoms with van der Waals surface area (Å²) in [5.74, 6) is 0. The maximum atomic E-state index is 5.13. The second-order valence-corrected chi connectivity index (χ2v) is 5.31. The average Bonchev–Trinajstić information content (AvgIpc) is 2.89. The zero-order valence-corrected chi connectivity index (χ0v) is 12.0. The van der Waals surface area contributed by atoms with Gasteiger partial charge in [-0.1, -0.05) is 6.07 Å². The van der Waals surface area contributed by atoms with Gasteiger partial charge in [-0.05, 0) is 12.1 Å². The average molecular weight is 274 g/mol. The molecule has 0 aliphatic carbocycles. The van der Waals surface area contributed by atoms with Crippen molar-refractivity contribution < 1.29 is 4.74 Å². The van der Waals surface area contributed by atoms with E-state index in [0.717, 1.165) is 57.2 Å². The molecule has 1 aliphatic rings. The van der Waals surface area contributed by atoms with Crippen LogP contribution >= 0.6 is 0 Å². The molecule has 0 saturated carbocycles. The first kappa shape index (κ1) is 13.5. The number of methoxy groups -OCH3 is 1. The lowest BCUT2D eigenvalue weighted by Gasteiger charge is -2.34. The molecule has 5 heteroatoms. The summed E-state index contributed by atoms with van der Waals surface area (Å²) in [6, 6.07) is 6.11. The third kappa shape index (κ3) is 3.17. The second kappa shape index (κ2) is 6.35. The van der Waals surface area contributed by atoms with Crippen molar-refractivity contribution in [2.75, 3.05) is 46.4 Å². The highest BCUT2D eigenvalue weighted by Gasteiger charge is 2.17. The molecule has 2 aromatic heterocycles. The van der Waals surface area contributed by atoms with Gasteiger partial charge in [-0.25, -0.2) is 4.98 Å². The van der Waals surface area contributed by atoms with Crippen molar-refractivity contribution in [1.29, 1.82) is 0 Å². The van der Waals surface area contributed by atoms with Crippen molar-refractivity contribution in [2.24, 2.45) is 0 Å². The van der Waals surface area contributed by atoms with Crippen molar-refractivity contribution in [2.45, 2.75) is 6.54 Å². The van der Waals surface area contributed by atoms with Crippen LogP contribution in [-0.2, 0) is 11.3 Å². The Kier molecular flexibility index (Phi) is 4.30. The van der Waals surface area contributed by atoms with Gasteiger partial charge in [0.1, 0.15) is 5.65 Å². The Labute approximate surface area is 119 Å². The fourth-order valence-corrected chi connectivity index (χ4v) is 2.68. The summed E-state index contributed by atoms with van der Waals surface area (Å²) in [6.45, 7) is 7.27. The van der Waals surface area contributed by atoms with Crippen LogP contribution in [0.25, 0.3) is 5.65 Å². The molecule has 1 fully saturated rings. The van der Waals surface area contributed by atoms with Gasteiger partial charge in [0.15, 0.2) is 0 Å². The Hall–Kier alpha value is -1.43. The first-order valence-electron chi connectivity index (χ1n) is 7.21. The summed E-state index contributed by atoms with van der Waals surface area (Å²) in [6.07, 6.45) is 4.18. The molecule has 5 nitrogen and oxygen atoms in total. The number of nitrogens with zero attached hydrogens (tertiary/aromatic N) is 4. The molecule has 1 saturated heterocycles. The standard InChI is InChI=1S/C15H22N4O/c1-20-11-10-17-6-8-18(9-7-17)12-14-13-19-5-3-2-4-15(19)16-14/h2-5,13H,6-12H2,1H3. The highest BCUT2D eigenvalue weighted by molar-refractivity contribution is 5.39. The summed E-state index contributed by atoms with van der Waals surface area (Å²) in [5, 5.41) is 0. The van der Waals surface area contributed by atoms with E-state index < -0.39 is 0 Å². The van der Waals surface area contributed by atoms with Gasteiger partial charge in [0, 0.05) is 58.8 Å². The quantitative estimate of drug-likeness (QED) is 0.817. The zero-order chi connectivity index (χ0) is 13.8.